The van der Waals surface area contributed by atoms with E-state index in [-0.39, 0.29) is 4.90 Å². The van der Waals surface area contributed by atoms with Gasteiger partial charge in [0.1, 0.15) is 0 Å². The summed E-state index contributed by atoms with van der Waals surface area (Å²) < 4.78 is 33.6. The van der Waals surface area contributed by atoms with Gasteiger partial charge in [-0.25, -0.2) is 8.42 Å². The van der Waals surface area contributed by atoms with Gasteiger partial charge in [0.25, 0.3) is 10.0 Å². The van der Waals surface area contributed by atoms with Crippen LogP contribution in [0.4, 0.5) is 5.69 Å². The molecule has 0 bridgehead atoms. The molecular weight excluding hydrogens is 312 g/mol. The molecule has 2 rings (SSSR count). The molecular formula is C12H18N4O3S2. The van der Waals surface area contributed by atoms with Gasteiger partial charge in [-0.3, -0.25) is 9.40 Å². The summed E-state index contributed by atoms with van der Waals surface area (Å²) in [7, 11) is -0.146. The number of methoxy groups -OCH3 is 1. The number of ether oxygens (including phenoxy) is 1. The van der Waals surface area contributed by atoms with E-state index in [1.807, 2.05) is 7.05 Å². The van der Waals surface area contributed by atoms with Crippen molar-refractivity contribution in [2.45, 2.75) is 18.0 Å². The maximum atomic E-state index is 12.3. The minimum absolute atomic E-state index is 0.266. The molecule has 0 amide bonds. The van der Waals surface area contributed by atoms with Crippen LogP contribution in [0.3, 0.4) is 0 Å². The van der Waals surface area contributed by atoms with Crippen LogP contribution in [0.25, 0.3) is 0 Å². The molecule has 7 nitrogen and oxygen atoms in total. The standard InChI is InChI=1S/C12H18N4O3S2/c1-13-7-11-5-12(9-20-11)21(17,18)15-10-6-14-16(8-10)3-4-19-2/h5-6,8-9,13,15H,3-4,7H2,1-2H3. The minimum atomic E-state index is -3.57. The molecule has 2 N–H and O–H groups in total. The molecule has 9 heteroatoms. The predicted molar refractivity (Wildman–Crippen MR) is 82.0 cm³/mol. The normalized spacial score (nSPS) is 11.7. The van der Waals surface area contributed by atoms with Gasteiger partial charge in [-0.15, -0.1) is 11.3 Å². The molecule has 0 aliphatic rings. The summed E-state index contributed by atoms with van der Waals surface area (Å²) in [6.45, 7) is 1.74. The Labute approximate surface area is 128 Å². The SMILES string of the molecule is CNCc1cc(S(=O)(=O)Nc2cnn(CCOC)c2)cs1. The highest BCUT2D eigenvalue weighted by Crippen LogP contribution is 2.21. The maximum absolute atomic E-state index is 12.3. The largest absolute Gasteiger partial charge is 0.383 e. The number of hydrogen-bond acceptors (Lipinski definition) is 6. The number of anilines is 1. The van der Waals surface area contributed by atoms with Gasteiger partial charge in [0, 0.05) is 30.1 Å². The van der Waals surface area contributed by atoms with Gasteiger partial charge in [0.05, 0.1) is 29.9 Å². The van der Waals surface area contributed by atoms with E-state index in [0.29, 0.717) is 25.4 Å². The zero-order valence-electron chi connectivity index (χ0n) is 11.9. The third kappa shape index (κ3) is 4.27. The fraction of sp³-hybridized carbons (Fsp3) is 0.417. The Balaban J connectivity index is 2.07. The smallest absolute Gasteiger partial charge is 0.262 e. The van der Waals surface area contributed by atoms with Crippen LogP contribution >= 0.6 is 11.3 Å². The summed E-state index contributed by atoms with van der Waals surface area (Å²) >= 11 is 1.41. The Morgan fingerprint density at radius 1 is 1.48 bits per heavy atom. The number of hydrogen-bond donors (Lipinski definition) is 2. The third-order valence-corrected chi connectivity index (χ3v) is 5.15. The van der Waals surface area contributed by atoms with Gasteiger partial charge in [-0.2, -0.15) is 5.10 Å². The van der Waals surface area contributed by atoms with E-state index in [4.69, 9.17) is 4.74 Å². The summed E-state index contributed by atoms with van der Waals surface area (Å²) in [5.41, 5.74) is 0.437. The fourth-order valence-corrected chi connectivity index (χ4v) is 4.02. The van der Waals surface area contributed by atoms with E-state index >= 15 is 0 Å². The first-order valence-corrected chi connectivity index (χ1v) is 8.67. The van der Waals surface area contributed by atoms with Gasteiger partial charge in [-0.05, 0) is 13.1 Å². The van der Waals surface area contributed by atoms with Gasteiger partial charge in [0.2, 0.25) is 0 Å². The zero-order valence-corrected chi connectivity index (χ0v) is 13.5. The molecule has 116 valence electrons. The minimum Gasteiger partial charge on any atom is -0.383 e. The molecule has 0 spiro atoms. The van der Waals surface area contributed by atoms with Crippen molar-refractivity contribution in [1.29, 1.82) is 0 Å². The van der Waals surface area contributed by atoms with Crippen LogP contribution in [-0.2, 0) is 27.8 Å². The lowest BCUT2D eigenvalue weighted by Gasteiger charge is -2.03. The molecule has 0 fully saturated rings. The van der Waals surface area contributed by atoms with E-state index in [0.717, 1.165) is 4.88 Å². The molecule has 0 radical (unpaired) electrons. The van der Waals surface area contributed by atoms with E-state index in [1.165, 1.54) is 17.5 Å². The van der Waals surface area contributed by atoms with Crippen LogP contribution in [0.1, 0.15) is 4.88 Å². The molecule has 0 aliphatic carbocycles. The Morgan fingerprint density at radius 2 is 2.29 bits per heavy atom. The lowest BCUT2D eigenvalue weighted by Crippen LogP contribution is -2.12. The molecule has 2 heterocycles. The lowest BCUT2D eigenvalue weighted by atomic mass is 10.5. The second-order valence-corrected chi connectivity index (χ2v) is 7.05. The molecule has 0 aliphatic heterocycles. The van der Waals surface area contributed by atoms with E-state index in [9.17, 15) is 8.42 Å². The Bertz CT molecular complexity index is 678. The molecule has 0 unspecified atom stereocenters. The van der Waals surface area contributed by atoms with E-state index < -0.39 is 10.0 Å². The topological polar surface area (TPSA) is 85.3 Å². The van der Waals surface area contributed by atoms with Crippen molar-refractivity contribution in [2.24, 2.45) is 0 Å². The van der Waals surface area contributed by atoms with Crippen molar-refractivity contribution in [2.75, 3.05) is 25.5 Å². The Morgan fingerprint density at radius 3 is 3.00 bits per heavy atom. The highest BCUT2D eigenvalue weighted by atomic mass is 32.2. The van der Waals surface area contributed by atoms with Gasteiger partial charge in [0.15, 0.2) is 0 Å². The van der Waals surface area contributed by atoms with Crippen LogP contribution in [0.15, 0.2) is 28.7 Å². The van der Waals surface area contributed by atoms with E-state index in [2.05, 4.69) is 15.1 Å². The number of sulfonamides is 1. The quantitative estimate of drug-likeness (QED) is 0.757. The summed E-state index contributed by atoms with van der Waals surface area (Å²) in [6, 6.07) is 1.67. The summed E-state index contributed by atoms with van der Waals surface area (Å²) in [6.07, 6.45) is 3.12. The van der Waals surface area contributed by atoms with Crippen LogP contribution < -0.4 is 10.0 Å². The van der Waals surface area contributed by atoms with Gasteiger partial charge in [-0.1, -0.05) is 0 Å². The Hall–Kier alpha value is -1.42. The highest BCUT2D eigenvalue weighted by molar-refractivity contribution is 7.92. The zero-order chi connectivity index (χ0) is 15.3. The second kappa shape index (κ2) is 7.03. The van der Waals surface area contributed by atoms with Crippen LogP contribution in [0.2, 0.25) is 0 Å². The van der Waals surface area contributed by atoms with Crippen molar-refractivity contribution in [3.8, 4) is 0 Å². The summed E-state index contributed by atoms with van der Waals surface area (Å²) in [5.74, 6) is 0. The first-order valence-electron chi connectivity index (χ1n) is 6.31. The van der Waals surface area contributed by atoms with Crippen LogP contribution in [0, 0.1) is 0 Å². The predicted octanol–water partition coefficient (Wildman–Crippen LogP) is 1.11. The average molecular weight is 330 g/mol. The fourth-order valence-electron chi connectivity index (χ4n) is 1.71. The molecule has 21 heavy (non-hydrogen) atoms. The van der Waals surface area contributed by atoms with E-state index in [1.54, 1.807) is 29.4 Å². The number of rotatable bonds is 8. The van der Waals surface area contributed by atoms with Crippen LogP contribution in [-0.4, -0.2) is 39.0 Å². The maximum Gasteiger partial charge on any atom is 0.262 e. The number of nitrogens with one attached hydrogen (secondary N) is 2. The number of nitrogens with zero attached hydrogens (tertiary/aromatic N) is 2. The van der Waals surface area contributed by atoms with Gasteiger partial charge < -0.3 is 10.1 Å². The van der Waals surface area contributed by atoms with Gasteiger partial charge >= 0.3 is 0 Å². The summed E-state index contributed by atoms with van der Waals surface area (Å²) in [4.78, 5) is 1.23. The van der Waals surface area contributed by atoms with Crippen LogP contribution in [0.5, 0.6) is 0 Å². The van der Waals surface area contributed by atoms with Crippen molar-refractivity contribution < 1.29 is 13.2 Å². The molecule has 0 saturated carbocycles. The van der Waals surface area contributed by atoms with Crippen molar-refractivity contribution in [1.82, 2.24) is 15.1 Å². The first-order chi connectivity index (χ1) is 10.0. The summed E-state index contributed by atoms with van der Waals surface area (Å²) in [5, 5.41) is 8.69. The molecule has 2 aromatic rings. The lowest BCUT2D eigenvalue weighted by molar-refractivity contribution is 0.183. The average Bonchev–Trinajstić information content (AvgIpc) is 3.06. The highest BCUT2D eigenvalue weighted by Gasteiger charge is 2.17. The molecule has 0 saturated heterocycles. The van der Waals surface area contributed by atoms with Crippen molar-refractivity contribution >= 4 is 27.0 Å². The number of thiophene rings is 1. The monoisotopic (exact) mass is 330 g/mol. The number of aromatic nitrogens is 2. The van der Waals surface area contributed by atoms with Crippen molar-refractivity contribution in [3.05, 3.63) is 28.7 Å². The molecule has 0 aromatic carbocycles. The third-order valence-electron chi connectivity index (χ3n) is 2.70. The van der Waals surface area contributed by atoms with Crippen molar-refractivity contribution in [3.63, 3.8) is 0 Å². The molecule has 0 atom stereocenters. The second-order valence-electron chi connectivity index (χ2n) is 4.37. The molecule has 2 aromatic heterocycles. The Kier molecular flexibility index (Phi) is 5.34. The first kappa shape index (κ1) is 16.0.